The van der Waals surface area contributed by atoms with Gasteiger partial charge in [0.25, 0.3) is 5.69 Å². The number of hydrogen-bond acceptors (Lipinski definition) is 7. The maximum absolute atomic E-state index is 13.1. The van der Waals surface area contributed by atoms with E-state index >= 15 is 0 Å². The molecule has 2 heterocycles. The zero-order valence-corrected chi connectivity index (χ0v) is 18.0. The monoisotopic (exact) mass is 498 g/mol. The van der Waals surface area contributed by atoms with Crippen LogP contribution in [0.1, 0.15) is 5.56 Å². The Balaban J connectivity index is 1.60. The third-order valence-electron chi connectivity index (χ3n) is 4.99. The second kappa shape index (κ2) is 8.69. The average molecular weight is 499 g/mol. The van der Waals surface area contributed by atoms with Crippen LogP contribution in [0.2, 0.25) is 0 Å². The maximum Gasteiger partial charge on any atom is 0.289 e. The summed E-state index contributed by atoms with van der Waals surface area (Å²) in [6.45, 7) is 0.509. The highest BCUT2D eigenvalue weighted by Gasteiger charge is 2.52. The Morgan fingerprint density at radius 3 is 2.60 bits per heavy atom. The number of halogens is 1. The molecule has 160 valence electrons. The van der Waals surface area contributed by atoms with Crippen LogP contribution < -0.4 is 4.72 Å². The van der Waals surface area contributed by atoms with Crippen molar-refractivity contribution in [1.82, 2.24) is 4.72 Å². The Morgan fingerprint density at radius 2 is 1.87 bits per heavy atom. The molecule has 0 aromatic heterocycles. The molecule has 0 spiro atoms. The van der Waals surface area contributed by atoms with Crippen LogP contribution in [0.5, 0.6) is 0 Å². The number of rotatable bonds is 7. The highest BCUT2D eigenvalue weighted by Crippen LogP contribution is 2.35. The van der Waals surface area contributed by atoms with Crippen molar-refractivity contribution in [3.8, 4) is 0 Å². The first-order valence-corrected chi connectivity index (χ1v) is 11.6. The smallest absolute Gasteiger partial charge is 0.289 e. The first-order valence-electron chi connectivity index (χ1n) is 9.19. The van der Waals surface area contributed by atoms with E-state index in [1.807, 2.05) is 30.3 Å². The molecule has 5 atom stereocenters. The fraction of sp³-hybridized carbons (Fsp3) is 0.368. The van der Waals surface area contributed by atoms with Crippen LogP contribution in [0.3, 0.4) is 0 Å². The van der Waals surface area contributed by atoms with E-state index in [-0.39, 0.29) is 13.2 Å². The lowest BCUT2D eigenvalue weighted by Crippen LogP contribution is -2.60. The van der Waals surface area contributed by atoms with Crippen molar-refractivity contribution in [1.29, 1.82) is 0 Å². The van der Waals surface area contributed by atoms with Crippen molar-refractivity contribution in [3.63, 3.8) is 0 Å². The van der Waals surface area contributed by atoms with Gasteiger partial charge in [0.1, 0.15) is 12.2 Å². The summed E-state index contributed by atoms with van der Waals surface area (Å²) in [5.74, 6) is 0. The molecule has 0 radical (unpaired) electrons. The molecule has 2 aromatic rings. The van der Waals surface area contributed by atoms with E-state index in [2.05, 4.69) is 20.7 Å². The molecule has 2 aromatic carbocycles. The summed E-state index contributed by atoms with van der Waals surface area (Å²) in [6, 6.07) is 13.9. The first-order chi connectivity index (χ1) is 14.4. The average Bonchev–Trinajstić information content (AvgIpc) is 3.19. The van der Waals surface area contributed by atoms with Gasteiger partial charge in [-0.05, 0) is 11.6 Å². The summed E-state index contributed by atoms with van der Waals surface area (Å²) in [4.78, 5) is 9.63. The van der Waals surface area contributed by atoms with Crippen molar-refractivity contribution in [2.75, 3.05) is 6.61 Å². The van der Waals surface area contributed by atoms with E-state index in [1.54, 1.807) is 0 Å². The van der Waals surface area contributed by atoms with Crippen molar-refractivity contribution >= 4 is 31.6 Å². The van der Waals surface area contributed by atoms with Gasteiger partial charge in [0, 0.05) is 6.07 Å². The SMILES string of the molecule is O=[N+]([O-])c1ccccc1S(=O)(=O)N[C@@H]1[C@@H](Br)[C@H]2OC[C@@H](O2)[C@H]1OCc1ccccc1. The van der Waals surface area contributed by atoms with Crippen LogP contribution in [0.25, 0.3) is 0 Å². The van der Waals surface area contributed by atoms with Crippen LogP contribution >= 0.6 is 15.9 Å². The van der Waals surface area contributed by atoms with Crippen molar-refractivity contribution in [3.05, 3.63) is 70.3 Å². The molecule has 0 unspecified atom stereocenters. The van der Waals surface area contributed by atoms with Crippen LogP contribution in [-0.4, -0.2) is 49.3 Å². The number of alkyl halides is 1. The first kappa shape index (κ1) is 21.3. The Bertz CT molecular complexity index is 1020. The zero-order chi connectivity index (χ0) is 21.3. The molecule has 2 aliphatic heterocycles. The van der Waals surface area contributed by atoms with Gasteiger partial charge in [-0.3, -0.25) is 10.1 Å². The number of nitrogens with one attached hydrogen (secondary N) is 1. The molecule has 0 saturated carbocycles. The van der Waals surface area contributed by atoms with Gasteiger partial charge in [-0.15, -0.1) is 0 Å². The van der Waals surface area contributed by atoms with Gasteiger partial charge in [-0.2, -0.15) is 0 Å². The Kier molecular flexibility index (Phi) is 6.19. The van der Waals surface area contributed by atoms with Gasteiger partial charge in [0.15, 0.2) is 11.2 Å². The summed E-state index contributed by atoms with van der Waals surface area (Å²) in [6.07, 6.45) is -1.78. The van der Waals surface area contributed by atoms with Crippen LogP contribution in [0, 0.1) is 10.1 Å². The molecule has 9 nitrogen and oxygen atoms in total. The number of fused-ring (bicyclic) bond motifs is 2. The molecule has 2 bridgehead atoms. The Labute approximate surface area is 181 Å². The largest absolute Gasteiger partial charge is 0.369 e. The van der Waals surface area contributed by atoms with Gasteiger partial charge < -0.3 is 14.2 Å². The molecular formula is C19H19BrN2O7S. The summed E-state index contributed by atoms with van der Waals surface area (Å²) in [7, 11) is -4.22. The summed E-state index contributed by atoms with van der Waals surface area (Å²) >= 11 is 3.46. The molecule has 11 heteroatoms. The third-order valence-corrected chi connectivity index (χ3v) is 7.49. The normalized spacial score (nSPS) is 28.4. The minimum atomic E-state index is -4.22. The van der Waals surface area contributed by atoms with Gasteiger partial charge in [-0.1, -0.05) is 58.4 Å². The van der Waals surface area contributed by atoms with Crippen molar-refractivity contribution < 1.29 is 27.6 Å². The molecule has 2 fully saturated rings. The topological polar surface area (TPSA) is 117 Å². The van der Waals surface area contributed by atoms with Gasteiger partial charge in [-0.25, -0.2) is 13.1 Å². The molecule has 1 N–H and O–H groups in total. The fourth-order valence-corrected chi connectivity index (χ4v) is 5.88. The second-order valence-electron chi connectivity index (χ2n) is 6.95. The lowest BCUT2D eigenvalue weighted by atomic mass is 10.0. The maximum atomic E-state index is 13.1. The van der Waals surface area contributed by atoms with Crippen LogP contribution in [-0.2, 0) is 30.8 Å². The van der Waals surface area contributed by atoms with Gasteiger partial charge in [0.2, 0.25) is 10.0 Å². The van der Waals surface area contributed by atoms with Gasteiger partial charge in [0.05, 0.1) is 29.0 Å². The molecule has 4 rings (SSSR count). The quantitative estimate of drug-likeness (QED) is 0.353. The number of para-hydroxylation sites is 1. The number of benzene rings is 2. The van der Waals surface area contributed by atoms with E-state index in [0.717, 1.165) is 11.6 Å². The highest BCUT2D eigenvalue weighted by molar-refractivity contribution is 9.09. The standard InChI is InChI=1S/C19H19BrN2O7S/c20-16-17(21-30(25,26)15-9-5-4-8-13(15)22(23)24)18(14-11-28-19(16)29-14)27-10-12-6-2-1-3-7-12/h1-9,14,16-19,21H,10-11H2/t14-,16-,17-,18-,19+/m1/s1. The number of nitro groups is 1. The van der Waals surface area contributed by atoms with E-state index < -0.39 is 54.9 Å². The summed E-state index contributed by atoms with van der Waals surface area (Å²) < 4.78 is 46.1. The number of nitro benzene ring substituents is 1. The lowest BCUT2D eigenvalue weighted by Gasteiger charge is -2.38. The predicted octanol–water partition coefficient (Wildman–Crippen LogP) is 2.35. The lowest BCUT2D eigenvalue weighted by molar-refractivity contribution is -0.387. The second-order valence-corrected chi connectivity index (χ2v) is 9.69. The summed E-state index contributed by atoms with van der Waals surface area (Å²) in [5, 5.41) is 11.3. The fourth-order valence-electron chi connectivity index (χ4n) is 3.55. The molecule has 30 heavy (non-hydrogen) atoms. The number of sulfonamides is 1. The number of hydrogen-bond donors (Lipinski definition) is 1. The minimum absolute atomic E-state index is 0.249. The molecule has 2 saturated heterocycles. The Morgan fingerprint density at radius 1 is 1.17 bits per heavy atom. The Hall–Kier alpha value is -1.89. The zero-order valence-electron chi connectivity index (χ0n) is 15.6. The van der Waals surface area contributed by atoms with E-state index in [0.29, 0.717) is 0 Å². The van der Waals surface area contributed by atoms with Gasteiger partial charge >= 0.3 is 0 Å². The van der Waals surface area contributed by atoms with Crippen molar-refractivity contribution in [2.24, 2.45) is 0 Å². The molecule has 0 amide bonds. The van der Waals surface area contributed by atoms with E-state index in [1.165, 1.54) is 18.2 Å². The van der Waals surface area contributed by atoms with E-state index in [4.69, 9.17) is 14.2 Å². The third kappa shape index (κ3) is 4.27. The van der Waals surface area contributed by atoms with Crippen LogP contribution in [0.4, 0.5) is 5.69 Å². The highest BCUT2D eigenvalue weighted by atomic mass is 79.9. The molecule has 2 aliphatic rings. The van der Waals surface area contributed by atoms with Crippen LogP contribution in [0.15, 0.2) is 59.5 Å². The minimum Gasteiger partial charge on any atom is -0.369 e. The predicted molar refractivity (Wildman–Crippen MR) is 110 cm³/mol. The van der Waals surface area contributed by atoms with Crippen molar-refractivity contribution in [2.45, 2.75) is 40.9 Å². The summed E-state index contributed by atoms with van der Waals surface area (Å²) in [5.41, 5.74) is 0.425. The molecule has 0 aliphatic carbocycles. The number of ether oxygens (including phenoxy) is 3. The molecular weight excluding hydrogens is 480 g/mol. The number of nitrogens with zero attached hydrogens (tertiary/aromatic N) is 1. The van der Waals surface area contributed by atoms with E-state index in [9.17, 15) is 18.5 Å².